The maximum atomic E-state index is 5.43. The molecule has 2 rings (SSSR count). The van der Waals surface area contributed by atoms with Gasteiger partial charge >= 0.3 is 0 Å². The van der Waals surface area contributed by atoms with Gasteiger partial charge in [-0.15, -0.1) is 0 Å². The Morgan fingerprint density at radius 2 is 2.00 bits per heavy atom. The van der Waals surface area contributed by atoms with Crippen LogP contribution in [0.4, 0.5) is 0 Å². The van der Waals surface area contributed by atoms with Crippen LogP contribution in [0.3, 0.4) is 0 Å². The normalized spacial score (nSPS) is 10.5. The van der Waals surface area contributed by atoms with Crippen molar-refractivity contribution in [2.75, 3.05) is 0 Å². The molecule has 0 atom stereocenters. The van der Waals surface area contributed by atoms with Gasteiger partial charge in [0.25, 0.3) is 0 Å². The van der Waals surface area contributed by atoms with E-state index in [1.54, 1.807) is 12.4 Å². The van der Waals surface area contributed by atoms with Gasteiger partial charge in [0, 0.05) is 24.5 Å². The van der Waals surface area contributed by atoms with Crippen LogP contribution in [0.5, 0.6) is 0 Å². The SMILES string of the molecule is Cc1ccc(CNCc2cncnc2)o1. The summed E-state index contributed by atoms with van der Waals surface area (Å²) in [5.41, 5.74) is 1.07. The molecule has 0 unspecified atom stereocenters. The van der Waals surface area contributed by atoms with Gasteiger partial charge < -0.3 is 9.73 Å². The third-order valence-electron chi connectivity index (χ3n) is 2.04. The fourth-order valence-electron chi connectivity index (χ4n) is 1.33. The first-order valence-corrected chi connectivity index (χ1v) is 4.84. The van der Waals surface area contributed by atoms with Crippen LogP contribution in [0.25, 0.3) is 0 Å². The Morgan fingerprint density at radius 1 is 1.20 bits per heavy atom. The molecule has 2 aromatic rings. The summed E-state index contributed by atoms with van der Waals surface area (Å²) in [5, 5.41) is 3.26. The Balaban J connectivity index is 1.80. The van der Waals surface area contributed by atoms with Crippen molar-refractivity contribution in [1.82, 2.24) is 15.3 Å². The fraction of sp³-hybridized carbons (Fsp3) is 0.273. The highest BCUT2D eigenvalue weighted by Gasteiger charge is 1.98. The molecular formula is C11H13N3O. The van der Waals surface area contributed by atoms with Crippen molar-refractivity contribution in [3.8, 4) is 0 Å². The zero-order chi connectivity index (χ0) is 10.5. The number of nitrogens with zero attached hydrogens (tertiary/aromatic N) is 2. The van der Waals surface area contributed by atoms with E-state index in [2.05, 4.69) is 15.3 Å². The summed E-state index contributed by atoms with van der Waals surface area (Å²) in [4.78, 5) is 7.88. The quantitative estimate of drug-likeness (QED) is 0.821. The smallest absolute Gasteiger partial charge is 0.117 e. The van der Waals surface area contributed by atoms with Gasteiger partial charge in [0.2, 0.25) is 0 Å². The number of hydrogen-bond acceptors (Lipinski definition) is 4. The Kier molecular flexibility index (Phi) is 3.09. The third kappa shape index (κ3) is 2.89. The second-order valence-corrected chi connectivity index (χ2v) is 3.36. The lowest BCUT2D eigenvalue weighted by Crippen LogP contribution is -2.12. The molecule has 0 aliphatic carbocycles. The van der Waals surface area contributed by atoms with E-state index in [4.69, 9.17) is 4.42 Å². The summed E-state index contributed by atoms with van der Waals surface area (Å²) >= 11 is 0. The molecular weight excluding hydrogens is 190 g/mol. The monoisotopic (exact) mass is 203 g/mol. The molecule has 0 aliphatic heterocycles. The third-order valence-corrected chi connectivity index (χ3v) is 2.04. The van der Waals surface area contributed by atoms with E-state index in [0.29, 0.717) is 0 Å². The molecule has 0 radical (unpaired) electrons. The molecule has 4 heteroatoms. The molecule has 0 saturated carbocycles. The molecule has 2 aromatic heterocycles. The molecule has 0 aromatic carbocycles. The average molecular weight is 203 g/mol. The van der Waals surface area contributed by atoms with Gasteiger partial charge in [-0.05, 0) is 19.1 Å². The standard InChI is InChI=1S/C11H13N3O/c1-9-2-3-11(15-9)7-12-4-10-5-13-8-14-6-10/h2-3,5-6,8,12H,4,7H2,1H3. The predicted molar refractivity (Wildman–Crippen MR) is 56.0 cm³/mol. The lowest BCUT2D eigenvalue weighted by molar-refractivity contribution is 0.461. The van der Waals surface area contributed by atoms with Crippen LogP contribution in [0.1, 0.15) is 17.1 Å². The lowest BCUT2D eigenvalue weighted by atomic mass is 10.3. The molecule has 0 saturated heterocycles. The molecule has 0 spiro atoms. The first-order valence-electron chi connectivity index (χ1n) is 4.84. The van der Waals surface area contributed by atoms with Crippen molar-refractivity contribution >= 4 is 0 Å². The molecule has 0 aliphatic rings. The molecule has 2 heterocycles. The topological polar surface area (TPSA) is 51.0 Å². The van der Waals surface area contributed by atoms with Crippen molar-refractivity contribution in [1.29, 1.82) is 0 Å². The number of aromatic nitrogens is 2. The molecule has 1 N–H and O–H groups in total. The van der Waals surface area contributed by atoms with Crippen LogP contribution in [-0.2, 0) is 13.1 Å². The van der Waals surface area contributed by atoms with E-state index in [1.807, 2.05) is 19.1 Å². The Labute approximate surface area is 88.4 Å². The van der Waals surface area contributed by atoms with Crippen LogP contribution < -0.4 is 5.32 Å². The van der Waals surface area contributed by atoms with Gasteiger partial charge in [0.15, 0.2) is 0 Å². The predicted octanol–water partition coefficient (Wildman–Crippen LogP) is 1.67. The Bertz CT molecular complexity index is 411. The minimum atomic E-state index is 0.725. The maximum absolute atomic E-state index is 5.43. The summed E-state index contributed by atoms with van der Waals surface area (Å²) in [5.74, 6) is 1.89. The Morgan fingerprint density at radius 3 is 2.67 bits per heavy atom. The highest BCUT2D eigenvalue weighted by atomic mass is 16.3. The van der Waals surface area contributed by atoms with Gasteiger partial charge in [-0.3, -0.25) is 0 Å². The van der Waals surface area contributed by atoms with Crippen molar-refractivity contribution in [3.05, 3.63) is 47.9 Å². The number of rotatable bonds is 4. The first-order chi connectivity index (χ1) is 7.34. The molecule has 78 valence electrons. The van der Waals surface area contributed by atoms with E-state index in [-0.39, 0.29) is 0 Å². The first kappa shape index (κ1) is 9.86. The molecule has 0 fully saturated rings. The molecule has 0 amide bonds. The molecule has 0 bridgehead atoms. The van der Waals surface area contributed by atoms with E-state index < -0.39 is 0 Å². The Hall–Kier alpha value is -1.68. The van der Waals surface area contributed by atoms with Gasteiger partial charge in [-0.1, -0.05) is 0 Å². The number of hydrogen-bond donors (Lipinski definition) is 1. The van der Waals surface area contributed by atoms with Crippen molar-refractivity contribution < 1.29 is 4.42 Å². The maximum Gasteiger partial charge on any atom is 0.117 e. The minimum Gasteiger partial charge on any atom is -0.465 e. The summed E-state index contributed by atoms with van der Waals surface area (Å²) in [6, 6.07) is 3.94. The van der Waals surface area contributed by atoms with E-state index in [9.17, 15) is 0 Å². The van der Waals surface area contributed by atoms with Crippen LogP contribution in [0, 0.1) is 6.92 Å². The number of furan rings is 1. The van der Waals surface area contributed by atoms with E-state index >= 15 is 0 Å². The second kappa shape index (κ2) is 4.70. The van der Waals surface area contributed by atoms with E-state index in [0.717, 1.165) is 30.2 Å². The summed E-state index contributed by atoms with van der Waals surface area (Å²) in [6.07, 6.45) is 5.13. The highest BCUT2D eigenvalue weighted by molar-refractivity contribution is 5.06. The van der Waals surface area contributed by atoms with Crippen LogP contribution in [-0.4, -0.2) is 9.97 Å². The van der Waals surface area contributed by atoms with Gasteiger partial charge in [-0.25, -0.2) is 9.97 Å². The van der Waals surface area contributed by atoms with Crippen LogP contribution in [0.15, 0.2) is 35.3 Å². The van der Waals surface area contributed by atoms with Gasteiger partial charge in [0.05, 0.1) is 6.54 Å². The highest BCUT2D eigenvalue weighted by Crippen LogP contribution is 2.05. The van der Waals surface area contributed by atoms with Gasteiger partial charge in [-0.2, -0.15) is 0 Å². The number of aryl methyl sites for hydroxylation is 1. The zero-order valence-corrected chi connectivity index (χ0v) is 8.60. The minimum absolute atomic E-state index is 0.725. The summed E-state index contributed by atoms with van der Waals surface area (Å²) in [6.45, 7) is 3.41. The van der Waals surface area contributed by atoms with E-state index in [1.165, 1.54) is 6.33 Å². The molecule has 4 nitrogen and oxygen atoms in total. The lowest BCUT2D eigenvalue weighted by Gasteiger charge is -2.01. The van der Waals surface area contributed by atoms with Gasteiger partial charge in [0.1, 0.15) is 17.8 Å². The van der Waals surface area contributed by atoms with Crippen molar-refractivity contribution in [2.45, 2.75) is 20.0 Å². The zero-order valence-electron chi connectivity index (χ0n) is 8.60. The summed E-state index contributed by atoms with van der Waals surface area (Å²) < 4.78 is 5.43. The molecule has 15 heavy (non-hydrogen) atoms. The fourth-order valence-corrected chi connectivity index (χ4v) is 1.33. The number of nitrogens with one attached hydrogen (secondary N) is 1. The van der Waals surface area contributed by atoms with Crippen molar-refractivity contribution in [3.63, 3.8) is 0 Å². The largest absolute Gasteiger partial charge is 0.465 e. The van der Waals surface area contributed by atoms with Crippen LogP contribution >= 0.6 is 0 Å². The van der Waals surface area contributed by atoms with Crippen molar-refractivity contribution in [2.24, 2.45) is 0 Å². The van der Waals surface area contributed by atoms with Crippen LogP contribution in [0.2, 0.25) is 0 Å². The second-order valence-electron chi connectivity index (χ2n) is 3.36. The average Bonchev–Trinajstić information content (AvgIpc) is 2.66. The summed E-state index contributed by atoms with van der Waals surface area (Å²) in [7, 11) is 0.